The van der Waals surface area contributed by atoms with Gasteiger partial charge in [0.15, 0.2) is 0 Å². The van der Waals surface area contributed by atoms with E-state index in [9.17, 15) is 0 Å². The molecule has 1 N–H and O–H groups in total. The minimum Gasteiger partial charge on any atom is -0.372 e. The molecule has 3 unspecified atom stereocenters. The predicted octanol–water partition coefficient (Wildman–Crippen LogP) is 4.05. The van der Waals surface area contributed by atoms with Crippen LogP contribution in [0.25, 0.3) is 0 Å². The van der Waals surface area contributed by atoms with E-state index >= 15 is 0 Å². The predicted molar refractivity (Wildman–Crippen MR) is 88.9 cm³/mol. The topological polar surface area (TPSA) is 21.3 Å². The summed E-state index contributed by atoms with van der Waals surface area (Å²) in [6.07, 6.45) is 3.47. The van der Waals surface area contributed by atoms with Crippen LogP contribution in [0.2, 0.25) is 0 Å². The molecule has 22 heavy (non-hydrogen) atoms. The maximum Gasteiger partial charge on any atom is 0.0883 e. The second-order valence-corrected chi connectivity index (χ2v) is 6.59. The fraction of sp³-hybridized carbons (Fsp3) is 0.400. The van der Waals surface area contributed by atoms with Gasteiger partial charge < -0.3 is 10.1 Å². The first-order valence-corrected chi connectivity index (χ1v) is 8.35. The quantitative estimate of drug-likeness (QED) is 0.902. The summed E-state index contributed by atoms with van der Waals surface area (Å²) in [5.74, 6) is 0.521. The van der Waals surface area contributed by atoms with Gasteiger partial charge in [-0.2, -0.15) is 0 Å². The van der Waals surface area contributed by atoms with Crippen LogP contribution >= 0.6 is 0 Å². The first-order valence-electron chi connectivity index (χ1n) is 8.35. The molecule has 2 aromatic carbocycles. The van der Waals surface area contributed by atoms with E-state index in [1.807, 2.05) is 0 Å². The monoisotopic (exact) mass is 293 g/mol. The molecule has 2 heteroatoms. The summed E-state index contributed by atoms with van der Waals surface area (Å²) < 4.78 is 6.45. The second-order valence-electron chi connectivity index (χ2n) is 6.59. The third-order valence-electron chi connectivity index (χ3n) is 5.22. The van der Waals surface area contributed by atoms with Gasteiger partial charge in [0, 0.05) is 5.92 Å². The van der Waals surface area contributed by atoms with E-state index in [0.717, 1.165) is 26.0 Å². The van der Waals surface area contributed by atoms with Crippen LogP contribution in [0.4, 0.5) is 0 Å². The largest absolute Gasteiger partial charge is 0.372 e. The molecule has 2 aromatic rings. The van der Waals surface area contributed by atoms with Gasteiger partial charge in [0.25, 0.3) is 0 Å². The van der Waals surface area contributed by atoms with Crippen molar-refractivity contribution in [2.24, 2.45) is 0 Å². The summed E-state index contributed by atoms with van der Waals surface area (Å²) in [5, 5.41) is 3.72. The smallest absolute Gasteiger partial charge is 0.0883 e. The molecule has 2 heterocycles. The van der Waals surface area contributed by atoms with Gasteiger partial charge in [0.2, 0.25) is 0 Å². The van der Waals surface area contributed by atoms with Crippen molar-refractivity contribution in [3.8, 4) is 0 Å². The molecule has 2 aliphatic rings. The van der Waals surface area contributed by atoms with Crippen molar-refractivity contribution in [2.75, 3.05) is 13.2 Å². The van der Waals surface area contributed by atoms with Crippen molar-refractivity contribution in [3.63, 3.8) is 0 Å². The molecule has 2 nitrogen and oxygen atoms in total. The lowest BCUT2D eigenvalue weighted by Crippen LogP contribution is -2.48. The molecular weight excluding hydrogens is 270 g/mol. The molecule has 0 saturated carbocycles. The first-order chi connectivity index (χ1) is 10.9. The Morgan fingerprint density at radius 1 is 0.909 bits per heavy atom. The lowest BCUT2D eigenvalue weighted by molar-refractivity contribution is -0.0484. The number of rotatable bonds is 2. The minimum atomic E-state index is -0.0416. The number of nitrogens with one attached hydrogen (secondary N) is 1. The molecule has 2 saturated heterocycles. The lowest BCUT2D eigenvalue weighted by atomic mass is 9.77. The summed E-state index contributed by atoms with van der Waals surface area (Å²) in [7, 11) is 0. The van der Waals surface area contributed by atoms with Crippen molar-refractivity contribution in [1.29, 1.82) is 0 Å². The van der Waals surface area contributed by atoms with Gasteiger partial charge in [0.1, 0.15) is 0 Å². The fourth-order valence-corrected chi connectivity index (χ4v) is 4.15. The number of hydrogen-bond acceptors (Lipinski definition) is 2. The Labute approximate surface area is 132 Å². The molecule has 1 spiro atoms. The Morgan fingerprint density at radius 2 is 1.59 bits per heavy atom. The minimum absolute atomic E-state index is 0.0416. The van der Waals surface area contributed by atoms with Crippen LogP contribution in [0.15, 0.2) is 60.7 Å². The van der Waals surface area contributed by atoms with Crippen LogP contribution < -0.4 is 5.32 Å². The van der Waals surface area contributed by atoms with Gasteiger partial charge in [-0.3, -0.25) is 0 Å². The van der Waals surface area contributed by atoms with Gasteiger partial charge in [-0.1, -0.05) is 60.7 Å². The maximum atomic E-state index is 6.45. The van der Waals surface area contributed by atoms with Gasteiger partial charge >= 0.3 is 0 Å². The van der Waals surface area contributed by atoms with Crippen LogP contribution in [-0.4, -0.2) is 18.8 Å². The van der Waals surface area contributed by atoms with Crippen molar-refractivity contribution in [1.82, 2.24) is 5.32 Å². The van der Waals surface area contributed by atoms with Crippen LogP contribution in [0.5, 0.6) is 0 Å². The molecule has 3 atom stereocenters. The Bertz CT molecular complexity index is 612. The van der Waals surface area contributed by atoms with E-state index in [-0.39, 0.29) is 5.60 Å². The summed E-state index contributed by atoms with van der Waals surface area (Å²) in [6, 6.07) is 21.9. The highest BCUT2D eigenvalue weighted by molar-refractivity contribution is 5.27. The van der Waals surface area contributed by atoms with Crippen molar-refractivity contribution >= 4 is 0 Å². The van der Waals surface area contributed by atoms with Crippen molar-refractivity contribution in [3.05, 3.63) is 71.8 Å². The Balaban J connectivity index is 1.62. The van der Waals surface area contributed by atoms with Crippen LogP contribution in [0, 0.1) is 0 Å². The molecule has 0 bridgehead atoms. The Kier molecular flexibility index (Phi) is 3.73. The molecule has 4 rings (SSSR count). The van der Waals surface area contributed by atoms with Crippen LogP contribution in [-0.2, 0) is 4.74 Å². The zero-order valence-electron chi connectivity index (χ0n) is 12.9. The SMILES string of the molecule is c1ccc(C2COC3(CCCNC3c3ccccc3)C2)cc1. The molecule has 2 fully saturated rings. The molecule has 0 aromatic heterocycles. The third kappa shape index (κ3) is 2.47. The lowest BCUT2D eigenvalue weighted by Gasteiger charge is -2.41. The van der Waals surface area contributed by atoms with Gasteiger partial charge in [-0.05, 0) is 36.9 Å². The van der Waals surface area contributed by atoms with Gasteiger partial charge in [0.05, 0.1) is 18.2 Å². The number of benzene rings is 2. The van der Waals surface area contributed by atoms with E-state index in [0.29, 0.717) is 12.0 Å². The zero-order valence-corrected chi connectivity index (χ0v) is 12.9. The molecule has 0 radical (unpaired) electrons. The van der Waals surface area contributed by atoms with Crippen molar-refractivity contribution < 1.29 is 4.74 Å². The normalized spacial score (nSPS) is 31.5. The molecule has 0 aliphatic carbocycles. The summed E-state index contributed by atoms with van der Waals surface area (Å²) in [4.78, 5) is 0. The molecule has 2 aliphatic heterocycles. The summed E-state index contributed by atoms with van der Waals surface area (Å²) >= 11 is 0. The fourth-order valence-electron chi connectivity index (χ4n) is 4.15. The Morgan fingerprint density at radius 3 is 2.32 bits per heavy atom. The van der Waals surface area contributed by atoms with E-state index in [1.165, 1.54) is 17.5 Å². The Hall–Kier alpha value is -1.64. The standard InChI is InChI=1S/C20H23NO/c1-3-8-16(9-4-1)18-14-20(22-15-18)12-7-13-21-19(20)17-10-5-2-6-11-17/h1-6,8-11,18-19,21H,7,12-15H2. The van der Waals surface area contributed by atoms with Crippen LogP contribution in [0.1, 0.15) is 42.3 Å². The van der Waals surface area contributed by atoms with Crippen molar-refractivity contribution in [2.45, 2.75) is 36.8 Å². The average molecular weight is 293 g/mol. The highest BCUT2D eigenvalue weighted by Gasteiger charge is 2.48. The number of hydrogen-bond donors (Lipinski definition) is 1. The number of ether oxygens (including phenoxy) is 1. The summed E-state index contributed by atoms with van der Waals surface area (Å²) in [5.41, 5.74) is 2.73. The molecular formula is C20H23NO. The van der Waals surface area contributed by atoms with E-state index in [2.05, 4.69) is 66.0 Å². The second kappa shape index (κ2) is 5.86. The first kappa shape index (κ1) is 14.0. The molecule has 0 amide bonds. The van der Waals surface area contributed by atoms with E-state index in [4.69, 9.17) is 4.74 Å². The summed E-state index contributed by atoms with van der Waals surface area (Å²) in [6.45, 7) is 1.93. The number of piperidine rings is 1. The highest BCUT2D eigenvalue weighted by atomic mass is 16.5. The van der Waals surface area contributed by atoms with Gasteiger partial charge in [-0.15, -0.1) is 0 Å². The van der Waals surface area contributed by atoms with E-state index < -0.39 is 0 Å². The third-order valence-corrected chi connectivity index (χ3v) is 5.22. The van der Waals surface area contributed by atoms with E-state index in [1.54, 1.807) is 0 Å². The van der Waals surface area contributed by atoms with Gasteiger partial charge in [-0.25, -0.2) is 0 Å². The maximum absolute atomic E-state index is 6.45. The zero-order chi connectivity index (χ0) is 14.8. The molecule has 114 valence electrons. The highest BCUT2D eigenvalue weighted by Crippen LogP contribution is 2.48. The van der Waals surface area contributed by atoms with Crippen LogP contribution in [0.3, 0.4) is 0 Å². The average Bonchev–Trinajstić information content (AvgIpc) is 3.01.